The number of rotatable bonds is 6. The molecule has 1 unspecified atom stereocenters. The zero-order chi connectivity index (χ0) is 10.4. The Kier molecular flexibility index (Phi) is 4.81. The van der Waals surface area contributed by atoms with Crippen LogP contribution in [-0.4, -0.2) is 62.6 Å². The lowest BCUT2D eigenvalue weighted by Crippen LogP contribution is -2.41. The molecule has 84 valence electrons. The van der Waals surface area contributed by atoms with E-state index in [0.717, 1.165) is 25.9 Å². The molecule has 4 heteroatoms. The summed E-state index contributed by atoms with van der Waals surface area (Å²) in [5.41, 5.74) is -0.613. The van der Waals surface area contributed by atoms with Crippen LogP contribution in [0.2, 0.25) is 0 Å². The average Bonchev–Trinajstić information content (AvgIpc) is 2.51. The third-order valence-corrected chi connectivity index (χ3v) is 2.50. The Balaban J connectivity index is 1.98. The van der Waals surface area contributed by atoms with Gasteiger partial charge >= 0.3 is 0 Å². The van der Waals surface area contributed by atoms with Crippen LogP contribution in [0.4, 0.5) is 0 Å². The molecule has 0 aliphatic carbocycles. The Morgan fingerprint density at radius 3 is 2.86 bits per heavy atom. The number of nitrogens with one attached hydrogen (secondary N) is 1. The second kappa shape index (κ2) is 5.66. The first-order chi connectivity index (χ1) is 6.62. The summed E-state index contributed by atoms with van der Waals surface area (Å²) in [5.74, 6) is 0. The van der Waals surface area contributed by atoms with Crippen molar-refractivity contribution in [2.45, 2.75) is 18.4 Å². The molecule has 2 N–H and O–H groups in total. The van der Waals surface area contributed by atoms with E-state index in [9.17, 15) is 5.11 Å². The molecule has 0 aromatic heterocycles. The van der Waals surface area contributed by atoms with Gasteiger partial charge in [0.15, 0.2) is 0 Å². The maximum atomic E-state index is 9.90. The van der Waals surface area contributed by atoms with Crippen LogP contribution < -0.4 is 5.32 Å². The van der Waals surface area contributed by atoms with Crippen molar-refractivity contribution >= 4 is 0 Å². The molecular formula is C10H22N2O2. The van der Waals surface area contributed by atoms with Crippen LogP contribution in [0.25, 0.3) is 0 Å². The number of hydrogen-bond donors (Lipinski definition) is 2. The highest BCUT2D eigenvalue weighted by Crippen LogP contribution is 2.16. The average molecular weight is 202 g/mol. The Hall–Kier alpha value is -0.160. The molecule has 1 aliphatic rings. The maximum absolute atomic E-state index is 9.90. The highest BCUT2D eigenvalue weighted by atomic mass is 16.5. The molecule has 0 bridgehead atoms. The van der Waals surface area contributed by atoms with Crippen LogP contribution >= 0.6 is 0 Å². The normalized spacial score (nSPS) is 27.4. The van der Waals surface area contributed by atoms with E-state index in [2.05, 4.69) is 24.3 Å². The van der Waals surface area contributed by atoms with E-state index >= 15 is 0 Å². The van der Waals surface area contributed by atoms with Crippen molar-refractivity contribution < 1.29 is 9.84 Å². The van der Waals surface area contributed by atoms with Crippen LogP contribution in [0.1, 0.15) is 12.8 Å². The smallest absolute Gasteiger partial charge is 0.102 e. The molecule has 4 nitrogen and oxygen atoms in total. The van der Waals surface area contributed by atoms with Crippen LogP contribution in [0.15, 0.2) is 0 Å². The molecular weight excluding hydrogens is 180 g/mol. The van der Waals surface area contributed by atoms with Crippen LogP contribution in [0, 0.1) is 0 Å². The van der Waals surface area contributed by atoms with Gasteiger partial charge in [0.1, 0.15) is 5.60 Å². The zero-order valence-corrected chi connectivity index (χ0v) is 9.25. The lowest BCUT2D eigenvalue weighted by molar-refractivity contribution is 0.0271. The van der Waals surface area contributed by atoms with Crippen molar-refractivity contribution in [1.29, 1.82) is 0 Å². The van der Waals surface area contributed by atoms with Crippen molar-refractivity contribution in [2.24, 2.45) is 0 Å². The molecule has 0 amide bonds. The minimum absolute atomic E-state index is 0.480. The van der Waals surface area contributed by atoms with Gasteiger partial charge in [0.05, 0.1) is 6.61 Å². The molecule has 0 aromatic carbocycles. The molecule has 1 fully saturated rings. The van der Waals surface area contributed by atoms with Gasteiger partial charge in [-0.25, -0.2) is 0 Å². The second-order valence-corrected chi connectivity index (χ2v) is 4.36. The highest BCUT2D eigenvalue weighted by molar-refractivity contribution is 4.84. The third-order valence-electron chi connectivity index (χ3n) is 2.50. The summed E-state index contributed by atoms with van der Waals surface area (Å²) in [4.78, 5) is 2.16. The van der Waals surface area contributed by atoms with E-state index in [1.807, 2.05) is 0 Å². The van der Waals surface area contributed by atoms with Gasteiger partial charge in [0.25, 0.3) is 0 Å². The van der Waals surface area contributed by atoms with Crippen molar-refractivity contribution in [2.75, 3.05) is 46.9 Å². The molecule has 1 heterocycles. The van der Waals surface area contributed by atoms with Crippen molar-refractivity contribution in [3.05, 3.63) is 0 Å². The van der Waals surface area contributed by atoms with Crippen molar-refractivity contribution in [3.8, 4) is 0 Å². The van der Waals surface area contributed by atoms with Gasteiger partial charge < -0.3 is 20.1 Å². The topological polar surface area (TPSA) is 44.7 Å². The monoisotopic (exact) mass is 202 g/mol. The molecule has 1 atom stereocenters. The maximum Gasteiger partial charge on any atom is 0.102 e. The van der Waals surface area contributed by atoms with E-state index in [-0.39, 0.29) is 0 Å². The predicted molar refractivity (Wildman–Crippen MR) is 56.4 cm³/mol. The van der Waals surface area contributed by atoms with Crippen molar-refractivity contribution in [1.82, 2.24) is 10.2 Å². The molecule has 1 saturated heterocycles. The first-order valence-corrected chi connectivity index (χ1v) is 5.28. The van der Waals surface area contributed by atoms with Gasteiger partial charge in [-0.1, -0.05) is 0 Å². The highest BCUT2D eigenvalue weighted by Gasteiger charge is 2.31. The van der Waals surface area contributed by atoms with Crippen LogP contribution in [-0.2, 0) is 4.74 Å². The molecule has 0 aromatic rings. The lowest BCUT2D eigenvalue weighted by Gasteiger charge is -2.20. The van der Waals surface area contributed by atoms with E-state index in [4.69, 9.17) is 4.74 Å². The van der Waals surface area contributed by atoms with Crippen molar-refractivity contribution in [3.63, 3.8) is 0 Å². The summed E-state index contributed by atoms with van der Waals surface area (Å²) in [6.07, 6.45) is 1.87. The van der Waals surface area contributed by atoms with Gasteiger partial charge in [0.2, 0.25) is 0 Å². The fourth-order valence-corrected chi connectivity index (χ4v) is 1.58. The Morgan fingerprint density at radius 2 is 2.29 bits per heavy atom. The Labute approximate surface area is 86.2 Å². The molecule has 0 spiro atoms. The fraction of sp³-hybridized carbons (Fsp3) is 1.00. The van der Waals surface area contributed by atoms with Gasteiger partial charge in [-0.3, -0.25) is 0 Å². The number of ether oxygens (including phenoxy) is 1. The molecule has 0 saturated carbocycles. The number of nitrogens with zero attached hydrogens (tertiary/aromatic N) is 1. The molecule has 1 rings (SSSR count). The summed E-state index contributed by atoms with van der Waals surface area (Å²) in [5, 5.41) is 13.2. The summed E-state index contributed by atoms with van der Waals surface area (Å²) < 4.78 is 5.16. The number of hydrogen-bond acceptors (Lipinski definition) is 4. The molecule has 14 heavy (non-hydrogen) atoms. The summed E-state index contributed by atoms with van der Waals surface area (Å²) in [7, 11) is 4.14. The van der Waals surface area contributed by atoms with Gasteiger partial charge in [-0.15, -0.1) is 0 Å². The fourth-order valence-electron chi connectivity index (χ4n) is 1.58. The van der Waals surface area contributed by atoms with E-state index in [1.165, 1.54) is 0 Å². The predicted octanol–water partition coefficient (Wildman–Crippen LogP) is -0.321. The molecule has 0 radical (unpaired) electrons. The third kappa shape index (κ3) is 4.37. The summed E-state index contributed by atoms with van der Waals surface area (Å²) in [6.45, 7) is 3.87. The van der Waals surface area contributed by atoms with E-state index in [0.29, 0.717) is 19.8 Å². The Bertz CT molecular complexity index is 156. The van der Waals surface area contributed by atoms with Crippen LogP contribution in [0.3, 0.4) is 0 Å². The van der Waals surface area contributed by atoms with Gasteiger partial charge in [-0.05, 0) is 33.6 Å². The van der Waals surface area contributed by atoms with Gasteiger partial charge in [0, 0.05) is 19.6 Å². The van der Waals surface area contributed by atoms with Gasteiger partial charge in [-0.2, -0.15) is 0 Å². The quantitative estimate of drug-likeness (QED) is 0.579. The van der Waals surface area contributed by atoms with E-state index in [1.54, 1.807) is 0 Å². The lowest BCUT2D eigenvalue weighted by atomic mass is 10.0. The minimum Gasteiger partial charge on any atom is -0.386 e. The van der Waals surface area contributed by atoms with E-state index < -0.39 is 5.60 Å². The first kappa shape index (κ1) is 11.9. The second-order valence-electron chi connectivity index (χ2n) is 4.36. The zero-order valence-electron chi connectivity index (χ0n) is 9.25. The summed E-state index contributed by atoms with van der Waals surface area (Å²) in [6, 6.07) is 0. The Morgan fingerprint density at radius 1 is 1.50 bits per heavy atom. The largest absolute Gasteiger partial charge is 0.386 e. The molecule has 1 aliphatic heterocycles. The minimum atomic E-state index is -0.613. The first-order valence-electron chi connectivity index (χ1n) is 5.28. The summed E-state index contributed by atoms with van der Waals surface area (Å²) >= 11 is 0. The standard InChI is InChI=1S/C10H22N2O2/c1-12(2)6-3-5-11-8-10(13)4-7-14-9-10/h11,13H,3-9H2,1-2H3. The number of aliphatic hydroxyl groups is 1. The van der Waals surface area contributed by atoms with Crippen LogP contribution in [0.5, 0.6) is 0 Å². The SMILES string of the molecule is CN(C)CCCNCC1(O)CCOC1.